The van der Waals surface area contributed by atoms with Crippen LogP contribution in [-0.4, -0.2) is 82.5 Å². The van der Waals surface area contributed by atoms with Crippen molar-refractivity contribution in [1.82, 2.24) is 14.7 Å². The molecule has 2 aliphatic heterocycles. The molecule has 45 heavy (non-hydrogen) atoms. The van der Waals surface area contributed by atoms with Crippen molar-refractivity contribution >= 4 is 17.6 Å². The molecule has 7 nitrogen and oxygen atoms in total. The normalized spacial score (nSPS) is 23.4. The molecule has 242 valence electrons. The molecule has 2 unspecified atom stereocenters. The number of halogens is 1. The minimum Gasteiger partial charge on any atom is -0.459 e. The van der Waals surface area contributed by atoms with Crippen molar-refractivity contribution < 1.29 is 18.7 Å². The number of aryl methyl sites for hydroxylation is 2. The average molecular weight is 617 g/mol. The third-order valence-electron chi connectivity index (χ3n) is 9.75. The van der Waals surface area contributed by atoms with Gasteiger partial charge in [0, 0.05) is 50.2 Å². The van der Waals surface area contributed by atoms with E-state index in [2.05, 4.69) is 53.6 Å². The molecule has 0 saturated carbocycles. The van der Waals surface area contributed by atoms with Crippen molar-refractivity contribution in [2.24, 2.45) is 5.92 Å². The van der Waals surface area contributed by atoms with Gasteiger partial charge in [-0.3, -0.25) is 19.4 Å². The zero-order chi connectivity index (χ0) is 32.7. The molecule has 2 aromatic carbocycles. The fourth-order valence-corrected chi connectivity index (χ4v) is 7.32. The summed E-state index contributed by atoms with van der Waals surface area (Å²) < 4.78 is 21.2. The van der Waals surface area contributed by atoms with E-state index in [1.165, 1.54) is 23.6 Å². The Morgan fingerprint density at radius 1 is 1.00 bits per heavy atom. The largest absolute Gasteiger partial charge is 0.459 e. The number of carbonyl (C=O) groups excluding carboxylic acids is 2. The van der Waals surface area contributed by atoms with Crippen molar-refractivity contribution in [2.45, 2.75) is 103 Å². The van der Waals surface area contributed by atoms with E-state index in [9.17, 15) is 9.59 Å². The van der Waals surface area contributed by atoms with Gasteiger partial charge in [0.1, 0.15) is 17.5 Å². The quantitative estimate of drug-likeness (QED) is 0.287. The molecule has 2 saturated heterocycles. The molecule has 0 spiro atoms. The lowest BCUT2D eigenvalue weighted by Crippen LogP contribution is -2.60. The Morgan fingerprint density at radius 2 is 1.73 bits per heavy atom. The van der Waals surface area contributed by atoms with Crippen molar-refractivity contribution in [3.05, 3.63) is 75.9 Å². The summed E-state index contributed by atoms with van der Waals surface area (Å²) in [4.78, 5) is 37.7. The topological polar surface area (TPSA) is 57.5 Å². The van der Waals surface area contributed by atoms with Crippen LogP contribution in [0.2, 0.25) is 0 Å². The van der Waals surface area contributed by atoms with Gasteiger partial charge in [0.05, 0.1) is 12.5 Å². The molecule has 1 aliphatic carbocycles. The number of ether oxygens (including phenoxy) is 1. The molecule has 2 fully saturated rings. The number of likely N-dealkylation sites (tertiary alicyclic amines) is 1. The summed E-state index contributed by atoms with van der Waals surface area (Å²) >= 11 is 0. The molecule has 5 rings (SSSR count). The summed E-state index contributed by atoms with van der Waals surface area (Å²) in [5.41, 5.74) is 3.91. The van der Waals surface area contributed by atoms with E-state index in [4.69, 9.17) is 11.3 Å². The fourth-order valence-electron chi connectivity index (χ4n) is 7.32. The number of amides is 1. The highest BCUT2D eigenvalue weighted by atomic mass is 19.1. The third-order valence-corrected chi connectivity index (χ3v) is 9.75. The number of esters is 1. The van der Waals surface area contributed by atoms with E-state index in [-0.39, 0.29) is 35.1 Å². The molecule has 4 atom stereocenters. The van der Waals surface area contributed by atoms with Gasteiger partial charge in [-0.1, -0.05) is 30.3 Å². The molecule has 3 aliphatic rings. The lowest BCUT2D eigenvalue weighted by Gasteiger charge is -2.44. The monoisotopic (exact) mass is 616 g/mol. The standard InChI is InChI=1S/C37H49FN4O3/c1-24-21-40(33(35(44)45-37(5,6)7)19-25-12-13-26-10-9-11-27(26)18-25)16-17-42(24)34(43)31-23-41(36(2,3)4)22-30(31)29-15-14-28(39-8)20-32(29)38/h12-15,18,20,24,30-31,33H,9-11,16-17,19,21-23H2,1-7H3/t24-,30?,31?,33-/m0/s1. The highest BCUT2D eigenvalue weighted by molar-refractivity contribution is 5.81. The summed E-state index contributed by atoms with van der Waals surface area (Å²) in [6.45, 7) is 24.1. The van der Waals surface area contributed by atoms with Crippen LogP contribution in [0.3, 0.4) is 0 Å². The van der Waals surface area contributed by atoms with E-state index in [1.807, 2.05) is 32.6 Å². The van der Waals surface area contributed by atoms with E-state index in [0.717, 1.165) is 18.4 Å². The lowest BCUT2D eigenvalue weighted by molar-refractivity contribution is -0.163. The van der Waals surface area contributed by atoms with Crippen LogP contribution in [0.4, 0.5) is 10.1 Å². The third kappa shape index (κ3) is 7.42. The van der Waals surface area contributed by atoms with E-state index >= 15 is 4.39 Å². The predicted molar refractivity (Wildman–Crippen MR) is 175 cm³/mol. The van der Waals surface area contributed by atoms with Crippen LogP contribution >= 0.6 is 0 Å². The van der Waals surface area contributed by atoms with Crippen LogP contribution in [0, 0.1) is 18.3 Å². The van der Waals surface area contributed by atoms with Crippen LogP contribution in [0.25, 0.3) is 4.85 Å². The zero-order valence-electron chi connectivity index (χ0n) is 28.0. The predicted octanol–water partition coefficient (Wildman–Crippen LogP) is 6.16. The van der Waals surface area contributed by atoms with Gasteiger partial charge in [-0.25, -0.2) is 9.24 Å². The van der Waals surface area contributed by atoms with Crippen LogP contribution in [0.5, 0.6) is 0 Å². The molecular weight excluding hydrogens is 567 g/mol. The molecule has 0 radical (unpaired) electrons. The number of benzene rings is 2. The lowest BCUT2D eigenvalue weighted by atomic mass is 9.87. The van der Waals surface area contributed by atoms with Gasteiger partial charge >= 0.3 is 5.97 Å². The Kier molecular flexibility index (Phi) is 9.45. The molecular formula is C37H49FN4O3. The first-order valence-corrected chi connectivity index (χ1v) is 16.4. The SMILES string of the molecule is [C-]#[N+]c1ccc(C2CN(C(C)(C)C)CC2C(=O)N2CCN([C@@H](Cc3ccc4c(c3)CCC4)C(=O)OC(C)(C)C)C[C@@H]2C)c(F)c1. The summed E-state index contributed by atoms with van der Waals surface area (Å²) in [5, 5.41) is 0. The molecule has 0 bridgehead atoms. The van der Waals surface area contributed by atoms with Crippen molar-refractivity contribution in [2.75, 3.05) is 32.7 Å². The Labute approximate surface area is 268 Å². The van der Waals surface area contributed by atoms with Gasteiger partial charge in [-0.05, 0) is 102 Å². The number of carbonyl (C=O) groups is 2. The zero-order valence-corrected chi connectivity index (χ0v) is 28.0. The maximum absolute atomic E-state index is 15.3. The minimum atomic E-state index is -0.602. The number of hydrogen-bond acceptors (Lipinski definition) is 5. The summed E-state index contributed by atoms with van der Waals surface area (Å²) in [7, 11) is 0. The highest BCUT2D eigenvalue weighted by Gasteiger charge is 2.46. The van der Waals surface area contributed by atoms with Gasteiger partial charge in [-0.2, -0.15) is 0 Å². The summed E-state index contributed by atoms with van der Waals surface area (Å²) in [6.07, 6.45) is 3.94. The highest BCUT2D eigenvalue weighted by Crippen LogP contribution is 2.39. The molecule has 8 heteroatoms. The Morgan fingerprint density at radius 3 is 2.38 bits per heavy atom. The van der Waals surface area contributed by atoms with Crippen molar-refractivity contribution in [3.63, 3.8) is 0 Å². The number of piperazine rings is 1. The van der Waals surface area contributed by atoms with Crippen LogP contribution in [-0.2, 0) is 33.6 Å². The minimum absolute atomic E-state index is 0.0278. The Bertz CT molecular complexity index is 1470. The summed E-state index contributed by atoms with van der Waals surface area (Å²) in [5.74, 6) is -1.34. The number of rotatable bonds is 6. The molecule has 0 aromatic heterocycles. The van der Waals surface area contributed by atoms with Crippen molar-refractivity contribution in [3.8, 4) is 0 Å². The van der Waals surface area contributed by atoms with E-state index in [0.29, 0.717) is 44.7 Å². The number of nitrogens with zero attached hydrogens (tertiary/aromatic N) is 4. The number of fused-ring (bicyclic) bond motifs is 1. The maximum Gasteiger partial charge on any atom is 0.324 e. The Hall–Kier alpha value is -3.28. The van der Waals surface area contributed by atoms with Crippen LogP contribution in [0.1, 0.15) is 83.1 Å². The van der Waals surface area contributed by atoms with Crippen LogP contribution in [0.15, 0.2) is 36.4 Å². The number of hydrogen-bond donors (Lipinski definition) is 0. The van der Waals surface area contributed by atoms with Gasteiger partial charge in [0.2, 0.25) is 5.91 Å². The second kappa shape index (κ2) is 12.8. The first-order valence-electron chi connectivity index (χ1n) is 16.4. The van der Waals surface area contributed by atoms with Crippen molar-refractivity contribution in [1.29, 1.82) is 0 Å². The smallest absolute Gasteiger partial charge is 0.324 e. The van der Waals surface area contributed by atoms with Gasteiger partial charge in [0.15, 0.2) is 5.69 Å². The molecule has 0 N–H and O–H groups in total. The van der Waals surface area contributed by atoms with Gasteiger partial charge < -0.3 is 9.64 Å². The molecule has 1 amide bonds. The second-order valence-electron chi connectivity index (χ2n) is 15.2. The van der Waals surface area contributed by atoms with Gasteiger partial charge in [-0.15, -0.1) is 0 Å². The average Bonchev–Trinajstić information content (AvgIpc) is 3.62. The van der Waals surface area contributed by atoms with Gasteiger partial charge in [0.25, 0.3) is 0 Å². The Balaban J connectivity index is 1.35. The first kappa shape index (κ1) is 33.1. The maximum atomic E-state index is 15.3. The summed E-state index contributed by atoms with van der Waals surface area (Å²) in [6, 6.07) is 10.6. The van der Waals surface area contributed by atoms with E-state index < -0.39 is 23.4 Å². The first-order chi connectivity index (χ1) is 21.1. The molecule has 2 aromatic rings. The van der Waals surface area contributed by atoms with Crippen LogP contribution < -0.4 is 0 Å². The van der Waals surface area contributed by atoms with E-state index in [1.54, 1.807) is 12.1 Å². The second-order valence-corrected chi connectivity index (χ2v) is 15.2. The molecule has 2 heterocycles. The fraction of sp³-hybridized carbons (Fsp3) is 0.595.